The van der Waals surface area contributed by atoms with Gasteiger partial charge in [0.15, 0.2) is 28.8 Å². The molecule has 0 fully saturated rings. The number of phenolic OH excluding ortho intramolecular Hbond substituents is 2. The molecule has 0 saturated carbocycles. The number of rotatable bonds is 9. The summed E-state index contributed by atoms with van der Waals surface area (Å²) in [6.45, 7) is 0. The lowest BCUT2D eigenvalue weighted by molar-refractivity contribution is 0.104. The molecular weight excluding hydrogens is 438 g/mol. The van der Waals surface area contributed by atoms with Crippen LogP contribution in [0.4, 0.5) is 5.69 Å². The number of carbonyl (C=O) groups is 1. The molecule has 0 heterocycles. The predicted octanol–water partition coefficient (Wildman–Crippen LogP) is 4.78. The molecule has 3 rings (SSSR count). The Hall–Kier alpha value is -4.46. The smallest absolute Gasteiger partial charge is 0.203 e. The van der Waals surface area contributed by atoms with Crippen LogP contribution < -0.4 is 18.9 Å². The van der Waals surface area contributed by atoms with E-state index in [2.05, 4.69) is 4.99 Å². The molecule has 176 valence electrons. The topological polar surface area (TPSA) is 107 Å². The van der Waals surface area contributed by atoms with Crippen LogP contribution in [-0.2, 0) is 0 Å². The summed E-state index contributed by atoms with van der Waals surface area (Å²) in [6, 6.07) is 12.9. The molecule has 3 aromatic rings. The Morgan fingerprint density at radius 1 is 0.853 bits per heavy atom. The molecule has 0 spiro atoms. The van der Waals surface area contributed by atoms with E-state index in [9.17, 15) is 15.0 Å². The molecule has 0 saturated heterocycles. The summed E-state index contributed by atoms with van der Waals surface area (Å²) >= 11 is 0. The molecule has 0 aliphatic heterocycles. The highest BCUT2D eigenvalue weighted by atomic mass is 16.5. The Kier molecular flexibility index (Phi) is 7.76. The second kappa shape index (κ2) is 10.9. The molecule has 8 heteroatoms. The monoisotopic (exact) mass is 463 g/mol. The molecule has 0 aliphatic carbocycles. The van der Waals surface area contributed by atoms with Crippen molar-refractivity contribution >= 4 is 23.8 Å². The van der Waals surface area contributed by atoms with E-state index in [4.69, 9.17) is 18.9 Å². The summed E-state index contributed by atoms with van der Waals surface area (Å²) in [7, 11) is 6.05. The molecule has 8 nitrogen and oxygen atoms in total. The highest BCUT2D eigenvalue weighted by Crippen LogP contribution is 2.38. The van der Waals surface area contributed by atoms with Crippen LogP contribution in [0.5, 0.6) is 34.5 Å². The van der Waals surface area contributed by atoms with Gasteiger partial charge in [-0.3, -0.25) is 9.79 Å². The van der Waals surface area contributed by atoms with Crippen LogP contribution in [0, 0.1) is 0 Å². The van der Waals surface area contributed by atoms with E-state index < -0.39 is 0 Å². The Bertz CT molecular complexity index is 1220. The summed E-state index contributed by atoms with van der Waals surface area (Å²) in [5.74, 6) is 1.07. The number of benzene rings is 3. The lowest BCUT2D eigenvalue weighted by atomic mass is 10.1. The molecule has 0 radical (unpaired) electrons. The third kappa shape index (κ3) is 5.29. The summed E-state index contributed by atoms with van der Waals surface area (Å²) in [5.41, 5.74) is 1.78. The zero-order valence-corrected chi connectivity index (χ0v) is 19.2. The highest BCUT2D eigenvalue weighted by Gasteiger charge is 2.13. The number of ketones is 1. The standard InChI is InChI=1S/C26H25NO7/c1-31-22-11-9-17(14-19(22)27-15-18-6-5-7-21(29)25(18)30)20(28)10-8-16-12-23(32-2)26(34-4)24(13-16)33-3/h5-15,29-30H,1-4H3/b10-8+,27-15?. The van der Waals surface area contributed by atoms with E-state index in [-0.39, 0.29) is 17.3 Å². The second-order valence-electron chi connectivity index (χ2n) is 7.02. The van der Waals surface area contributed by atoms with Crippen molar-refractivity contribution in [1.82, 2.24) is 0 Å². The number of phenols is 2. The summed E-state index contributed by atoms with van der Waals surface area (Å²) < 4.78 is 21.3. The van der Waals surface area contributed by atoms with Crippen molar-refractivity contribution in [2.75, 3.05) is 28.4 Å². The van der Waals surface area contributed by atoms with Gasteiger partial charge in [0, 0.05) is 17.3 Å². The summed E-state index contributed by atoms with van der Waals surface area (Å²) in [5, 5.41) is 19.6. The maximum Gasteiger partial charge on any atom is 0.203 e. The van der Waals surface area contributed by atoms with Gasteiger partial charge in [-0.15, -0.1) is 0 Å². The third-order valence-electron chi connectivity index (χ3n) is 4.97. The number of aliphatic imine (C=N–C) groups is 1. The first-order chi connectivity index (χ1) is 16.4. The highest BCUT2D eigenvalue weighted by molar-refractivity contribution is 6.07. The molecule has 0 aromatic heterocycles. The number of carbonyl (C=O) groups excluding carboxylic acids is 1. The van der Waals surface area contributed by atoms with Gasteiger partial charge in [-0.2, -0.15) is 0 Å². The first-order valence-electron chi connectivity index (χ1n) is 10.2. The molecule has 0 bridgehead atoms. The van der Waals surface area contributed by atoms with Crippen LogP contribution in [0.3, 0.4) is 0 Å². The first-order valence-corrected chi connectivity index (χ1v) is 10.2. The predicted molar refractivity (Wildman–Crippen MR) is 129 cm³/mol. The van der Waals surface area contributed by atoms with Crippen molar-refractivity contribution < 1.29 is 34.0 Å². The maximum atomic E-state index is 12.8. The minimum absolute atomic E-state index is 0.253. The van der Waals surface area contributed by atoms with Crippen molar-refractivity contribution in [3.05, 3.63) is 71.3 Å². The Morgan fingerprint density at radius 2 is 1.53 bits per heavy atom. The fourth-order valence-electron chi connectivity index (χ4n) is 3.20. The van der Waals surface area contributed by atoms with Gasteiger partial charge in [-0.05, 0) is 54.1 Å². The zero-order chi connectivity index (χ0) is 24.7. The van der Waals surface area contributed by atoms with E-state index in [1.807, 2.05) is 0 Å². The molecule has 0 atom stereocenters. The quantitative estimate of drug-likeness (QED) is 0.204. The SMILES string of the molecule is COc1ccc(C(=O)/C=C/c2cc(OC)c(OC)c(OC)c2)cc1N=Cc1cccc(O)c1O. The van der Waals surface area contributed by atoms with Crippen LogP contribution in [0.1, 0.15) is 21.5 Å². The minimum atomic E-state index is -0.286. The lowest BCUT2D eigenvalue weighted by Crippen LogP contribution is -1.97. The van der Waals surface area contributed by atoms with Crippen molar-refractivity contribution in [2.24, 2.45) is 4.99 Å². The van der Waals surface area contributed by atoms with Gasteiger partial charge in [-0.25, -0.2) is 0 Å². The maximum absolute atomic E-state index is 12.8. The number of methoxy groups -OCH3 is 4. The molecule has 3 aromatic carbocycles. The molecule has 34 heavy (non-hydrogen) atoms. The fourth-order valence-corrected chi connectivity index (χ4v) is 3.20. The van der Waals surface area contributed by atoms with Gasteiger partial charge >= 0.3 is 0 Å². The summed E-state index contributed by atoms with van der Waals surface area (Å²) in [6.07, 6.45) is 4.45. The van der Waals surface area contributed by atoms with Crippen LogP contribution in [0.2, 0.25) is 0 Å². The Balaban J connectivity index is 1.89. The second-order valence-corrected chi connectivity index (χ2v) is 7.02. The third-order valence-corrected chi connectivity index (χ3v) is 4.97. The van der Waals surface area contributed by atoms with Gasteiger partial charge in [0.05, 0.1) is 28.4 Å². The van der Waals surface area contributed by atoms with Crippen molar-refractivity contribution in [3.8, 4) is 34.5 Å². The van der Waals surface area contributed by atoms with Crippen LogP contribution >= 0.6 is 0 Å². The molecular formula is C26H25NO7. The first kappa shape index (κ1) is 24.2. The molecule has 0 unspecified atom stereocenters. The van der Waals surface area contributed by atoms with Gasteiger partial charge in [0.1, 0.15) is 11.4 Å². The van der Waals surface area contributed by atoms with Gasteiger partial charge in [0.2, 0.25) is 5.75 Å². The largest absolute Gasteiger partial charge is 0.504 e. The number of hydrogen-bond acceptors (Lipinski definition) is 8. The van der Waals surface area contributed by atoms with Gasteiger partial charge in [-0.1, -0.05) is 12.1 Å². The van der Waals surface area contributed by atoms with E-state index in [0.29, 0.717) is 45.4 Å². The number of nitrogens with zero attached hydrogens (tertiary/aromatic N) is 1. The van der Waals surface area contributed by atoms with E-state index in [1.54, 1.807) is 48.5 Å². The van der Waals surface area contributed by atoms with E-state index >= 15 is 0 Å². The van der Waals surface area contributed by atoms with Crippen molar-refractivity contribution in [1.29, 1.82) is 0 Å². The van der Waals surface area contributed by atoms with Crippen LogP contribution in [0.25, 0.3) is 6.08 Å². The number of allylic oxidation sites excluding steroid dienone is 1. The normalized spacial score (nSPS) is 11.1. The fraction of sp³-hybridized carbons (Fsp3) is 0.154. The van der Waals surface area contributed by atoms with Gasteiger partial charge < -0.3 is 29.2 Å². The van der Waals surface area contributed by atoms with Crippen LogP contribution in [-0.4, -0.2) is 50.7 Å². The number of hydrogen-bond donors (Lipinski definition) is 2. The summed E-state index contributed by atoms with van der Waals surface area (Å²) in [4.78, 5) is 17.2. The van der Waals surface area contributed by atoms with E-state index in [0.717, 1.165) is 0 Å². The van der Waals surface area contributed by atoms with E-state index in [1.165, 1.54) is 46.8 Å². The average molecular weight is 463 g/mol. The van der Waals surface area contributed by atoms with Gasteiger partial charge in [0.25, 0.3) is 0 Å². The Morgan fingerprint density at radius 3 is 2.15 bits per heavy atom. The molecule has 2 N–H and O–H groups in total. The Labute approximate surface area is 197 Å². The molecule has 0 amide bonds. The number of aromatic hydroxyl groups is 2. The molecule has 0 aliphatic rings. The zero-order valence-electron chi connectivity index (χ0n) is 19.2. The number of ether oxygens (including phenoxy) is 4. The lowest BCUT2D eigenvalue weighted by Gasteiger charge is -2.12. The van der Waals surface area contributed by atoms with Crippen molar-refractivity contribution in [3.63, 3.8) is 0 Å². The van der Waals surface area contributed by atoms with Crippen molar-refractivity contribution in [2.45, 2.75) is 0 Å². The van der Waals surface area contributed by atoms with Crippen LogP contribution in [0.15, 0.2) is 59.6 Å². The average Bonchev–Trinajstić information content (AvgIpc) is 2.87. The number of para-hydroxylation sites is 1. The minimum Gasteiger partial charge on any atom is -0.504 e.